The number of aliphatic hydroxyl groups is 1. The Bertz CT molecular complexity index is 1320. The number of pyridine rings is 1. The van der Waals surface area contributed by atoms with E-state index >= 15 is 0 Å². The van der Waals surface area contributed by atoms with Crippen molar-refractivity contribution in [2.24, 2.45) is 0 Å². The van der Waals surface area contributed by atoms with Crippen molar-refractivity contribution in [3.05, 3.63) is 66.1 Å². The van der Waals surface area contributed by atoms with Crippen molar-refractivity contribution in [3.8, 4) is 5.82 Å². The molecule has 1 aliphatic heterocycles. The van der Waals surface area contributed by atoms with Crippen LogP contribution in [0.2, 0.25) is 0 Å². The number of rotatable bonds is 6. The molecule has 0 unspecified atom stereocenters. The van der Waals surface area contributed by atoms with Crippen LogP contribution in [0.1, 0.15) is 32.2 Å². The Morgan fingerprint density at radius 3 is 2.43 bits per heavy atom. The molecule has 0 atom stereocenters. The van der Waals surface area contributed by atoms with Gasteiger partial charge in [-0.25, -0.2) is 9.97 Å². The molecule has 8 nitrogen and oxygen atoms in total. The van der Waals surface area contributed by atoms with Crippen molar-refractivity contribution in [2.45, 2.75) is 32.8 Å². The van der Waals surface area contributed by atoms with E-state index in [-0.39, 0.29) is 0 Å². The van der Waals surface area contributed by atoms with Crippen molar-refractivity contribution in [2.75, 3.05) is 43.4 Å². The van der Waals surface area contributed by atoms with Crippen LogP contribution in [0.3, 0.4) is 0 Å². The predicted molar refractivity (Wildman–Crippen MR) is 141 cm³/mol. The topological polar surface area (TPSA) is 82.3 Å². The second kappa shape index (κ2) is 9.28. The fraction of sp³-hybridized carbons (Fsp3) is 0.370. The molecule has 0 spiro atoms. The van der Waals surface area contributed by atoms with Crippen LogP contribution in [0.4, 0.5) is 17.3 Å². The highest BCUT2D eigenvalue weighted by Gasteiger charge is 2.20. The Labute approximate surface area is 206 Å². The molecular formula is C27H33N7O. The van der Waals surface area contributed by atoms with Gasteiger partial charge in [0.15, 0.2) is 5.65 Å². The predicted octanol–water partition coefficient (Wildman–Crippen LogP) is 4.10. The average Bonchev–Trinajstić information content (AvgIpc) is 3.22. The van der Waals surface area contributed by atoms with Crippen LogP contribution in [0.15, 0.2) is 54.7 Å². The first kappa shape index (κ1) is 23.3. The van der Waals surface area contributed by atoms with E-state index in [0.29, 0.717) is 11.6 Å². The van der Waals surface area contributed by atoms with Gasteiger partial charge in [-0.3, -0.25) is 4.57 Å². The number of benzene rings is 1. The zero-order valence-electron chi connectivity index (χ0n) is 20.9. The third-order valence-corrected chi connectivity index (χ3v) is 6.56. The summed E-state index contributed by atoms with van der Waals surface area (Å²) in [5.74, 6) is 1.27. The van der Waals surface area contributed by atoms with E-state index in [9.17, 15) is 5.11 Å². The minimum absolute atomic E-state index is 0.533. The molecule has 0 saturated carbocycles. The Balaban J connectivity index is 1.44. The van der Waals surface area contributed by atoms with Gasteiger partial charge in [-0.2, -0.15) is 4.98 Å². The molecule has 1 saturated heterocycles. The molecule has 3 aromatic heterocycles. The Morgan fingerprint density at radius 1 is 1.00 bits per heavy atom. The maximum absolute atomic E-state index is 10.5. The van der Waals surface area contributed by atoms with E-state index < -0.39 is 5.60 Å². The number of fused-ring (bicyclic) bond motifs is 1. The van der Waals surface area contributed by atoms with E-state index in [2.05, 4.69) is 64.4 Å². The van der Waals surface area contributed by atoms with Gasteiger partial charge in [0.25, 0.3) is 0 Å². The molecule has 0 bridgehead atoms. The largest absolute Gasteiger partial charge is 0.384 e. The molecule has 1 fully saturated rings. The van der Waals surface area contributed by atoms with Crippen LogP contribution in [-0.2, 0) is 12.0 Å². The molecule has 8 heteroatoms. The van der Waals surface area contributed by atoms with Gasteiger partial charge in [-0.15, -0.1) is 0 Å². The van der Waals surface area contributed by atoms with Crippen LogP contribution in [0.5, 0.6) is 0 Å². The number of aromatic nitrogens is 4. The van der Waals surface area contributed by atoms with Crippen LogP contribution in [0.25, 0.3) is 16.9 Å². The van der Waals surface area contributed by atoms with Gasteiger partial charge >= 0.3 is 0 Å². The molecule has 2 N–H and O–H groups in total. The van der Waals surface area contributed by atoms with Gasteiger partial charge in [0.1, 0.15) is 11.4 Å². The highest BCUT2D eigenvalue weighted by molar-refractivity contribution is 5.80. The summed E-state index contributed by atoms with van der Waals surface area (Å²) >= 11 is 0. The second-order valence-electron chi connectivity index (χ2n) is 9.70. The minimum atomic E-state index is -1.02. The summed E-state index contributed by atoms with van der Waals surface area (Å²) in [6, 6.07) is 16.3. The van der Waals surface area contributed by atoms with Gasteiger partial charge < -0.3 is 20.2 Å². The molecule has 35 heavy (non-hydrogen) atoms. The van der Waals surface area contributed by atoms with Crippen molar-refractivity contribution in [3.63, 3.8) is 0 Å². The summed E-state index contributed by atoms with van der Waals surface area (Å²) < 4.78 is 2.05. The van der Waals surface area contributed by atoms with Crippen LogP contribution in [0, 0.1) is 0 Å². The normalized spacial score (nSPS) is 15.1. The van der Waals surface area contributed by atoms with E-state index in [4.69, 9.17) is 9.97 Å². The van der Waals surface area contributed by atoms with E-state index in [1.165, 1.54) is 5.69 Å². The fourth-order valence-corrected chi connectivity index (χ4v) is 4.46. The maximum Gasteiger partial charge on any atom is 0.229 e. The Kier molecular flexibility index (Phi) is 6.17. The van der Waals surface area contributed by atoms with Crippen LogP contribution >= 0.6 is 0 Å². The van der Waals surface area contributed by atoms with Crippen molar-refractivity contribution in [1.29, 1.82) is 0 Å². The van der Waals surface area contributed by atoms with Gasteiger partial charge in [0, 0.05) is 54.8 Å². The lowest BCUT2D eigenvalue weighted by atomic mass is 10.1. The van der Waals surface area contributed by atoms with Crippen molar-refractivity contribution < 1.29 is 5.11 Å². The van der Waals surface area contributed by atoms with Gasteiger partial charge in [-0.05, 0) is 69.8 Å². The van der Waals surface area contributed by atoms with E-state index in [0.717, 1.165) is 60.8 Å². The van der Waals surface area contributed by atoms with Gasteiger partial charge in [-0.1, -0.05) is 13.0 Å². The first-order valence-corrected chi connectivity index (χ1v) is 12.2. The average molecular weight is 472 g/mol. The quantitative estimate of drug-likeness (QED) is 0.438. The second-order valence-corrected chi connectivity index (χ2v) is 9.70. The number of aryl methyl sites for hydroxylation is 1. The monoisotopic (exact) mass is 471 g/mol. The summed E-state index contributed by atoms with van der Waals surface area (Å²) in [6.07, 6.45) is 2.67. The summed E-state index contributed by atoms with van der Waals surface area (Å²) in [6.45, 7) is 9.85. The molecule has 0 aliphatic carbocycles. The summed E-state index contributed by atoms with van der Waals surface area (Å²) in [7, 11) is 2.17. The lowest BCUT2D eigenvalue weighted by Crippen LogP contribution is -2.44. The third kappa shape index (κ3) is 4.85. The lowest BCUT2D eigenvalue weighted by Gasteiger charge is -2.34. The minimum Gasteiger partial charge on any atom is -0.384 e. The zero-order chi connectivity index (χ0) is 24.6. The number of piperazine rings is 1. The van der Waals surface area contributed by atoms with Crippen LogP contribution < -0.4 is 10.2 Å². The van der Waals surface area contributed by atoms with Gasteiger partial charge in [0.2, 0.25) is 5.95 Å². The zero-order valence-corrected chi connectivity index (χ0v) is 20.9. The molecule has 5 rings (SSSR count). The summed E-state index contributed by atoms with van der Waals surface area (Å²) in [4.78, 5) is 18.9. The number of hydrogen-bond donors (Lipinski definition) is 2. The molecule has 0 amide bonds. The fourth-order valence-electron chi connectivity index (χ4n) is 4.46. The van der Waals surface area contributed by atoms with E-state index in [1.807, 2.05) is 29.0 Å². The molecule has 4 aromatic rings. The number of nitrogens with zero attached hydrogens (tertiary/aromatic N) is 6. The highest BCUT2D eigenvalue weighted by atomic mass is 16.3. The molecule has 4 heterocycles. The van der Waals surface area contributed by atoms with Crippen molar-refractivity contribution >= 4 is 28.4 Å². The number of nitrogens with one attached hydrogen (secondary N) is 1. The lowest BCUT2D eigenvalue weighted by molar-refractivity contribution is 0.0738. The SMILES string of the molecule is CCc1cc2cnc(Nc3ccc(N4CCN(C)CC4)cc3)nc2n1-c1cccc(C(C)(C)O)n1. The Morgan fingerprint density at radius 2 is 1.74 bits per heavy atom. The Hall–Kier alpha value is -3.49. The molecule has 182 valence electrons. The number of likely N-dealkylation sites (N-methyl/N-ethyl adjacent to an activating group) is 1. The van der Waals surface area contributed by atoms with Crippen molar-refractivity contribution in [1.82, 2.24) is 24.4 Å². The third-order valence-electron chi connectivity index (χ3n) is 6.56. The van der Waals surface area contributed by atoms with E-state index in [1.54, 1.807) is 13.8 Å². The molecule has 1 aromatic carbocycles. The first-order valence-electron chi connectivity index (χ1n) is 12.2. The van der Waals surface area contributed by atoms with Crippen LogP contribution in [-0.4, -0.2) is 62.8 Å². The molecular weight excluding hydrogens is 438 g/mol. The smallest absolute Gasteiger partial charge is 0.229 e. The number of hydrogen-bond acceptors (Lipinski definition) is 7. The summed E-state index contributed by atoms with van der Waals surface area (Å²) in [5.41, 5.74) is 3.64. The maximum atomic E-state index is 10.5. The standard InChI is InChI=1S/C27H33N7O/c1-5-21-17-19-18-28-26(29-20-9-11-22(12-10-20)33-15-13-32(4)14-16-33)31-25(19)34(21)24-8-6-7-23(30-24)27(2,3)35/h6-12,17-18,35H,5,13-16H2,1-4H3,(H,28,29,31). The molecule has 1 aliphatic rings. The molecule has 0 radical (unpaired) electrons. The first-order chi connectivity index (χ1) is 16.8. The van der Waals surface area contributed by atoms with Gasteiger partial charge in [0.05, 0.1) is 5.69 Å². The number of anilines is 3. The summed E-state index contributed by atoms with van der Waals surface area (Å²) in [5, 5.41) is 14.8. The highest BCUT2D eigenvalue weighted by Crippen LogP contribution is 2.27.